The Balaban J connectivity index is 0.000000277. The number of aryl methyl sites for hydroxylation is 3. The molecule has 3 aliphatic heterocycles. The Labute approximate surface area is 512 Å². The number of phosphoric acid groups is 1. The van der Waals surface area contributed by atoms with Crippen molar-refractivity contribution in [3.8, 4) is 0 Å². The number of aromatic nitrogens is 6. The third-order valence-electron chi connectivity index (χ3n) is 13.2. The molecule has 3 aromatic heterocycles. The summed E-state index contributed by atoms with van der Waals surface area (Å²) in [5.74, 6) is 0.513. The van der Waals surface area contributed by atoms with Crippen LogP contribution in [0.2, 0.25) is 0 Å². The SMILES string of the molecule is CO[C@H]1C(OC(C)(C)C)[C@@H](CC(C)(C)C)O[C@H]1n1cc(C)c(N)nc1=O.CO[C@H]1C(OP(=O)(O)OC(C)(C)C)[C@@H](CC(C)(C)C)O[C@H]1n1cc(C)c(N)nc1=O.CO[C@H]1C(OP(O)(=S)OC(C)(C)C)[C@@H](CC(C)(C)C)O[C@H]1n1cc(C)c(N)nc1=O. The number of ether oxygens (including phenoxy) is 7. The fourth-order valence-corrected chi connectivity index (χ4v) is 13.5. The number of rotatable bonds is 16. The monoisotopic (exact) mass is 1280 g/mol. The number of hydrogen-bond donors (Lipinski definition) is 5. The van der Waals surface area contributed by atoms with Crippen LogP contribution in [0.5, 0.6) is 0 Å². The van der Waals surface area contributed by atoms with E-state index in [2.05, 4.69) is 56.5 Å². The van der Waals surface area contributed by atoms with E-state index >= 15 is 0 Å². The number of nitrogens with two attached hydrogens (primary N) is 3. The molecular formula is C57H101N9O17P2S. The second kappa shape index (κ2) is 28.3. The van der Waals surface area contributed by atoms with E-state index in [1.54, 1.807) is 74.9 Å². The van der Waals surface area contributed by atoms with Gasteiger partial charge in [-0.1, -0.05) is 62.3 Å². The van der Waals surface area contributed by atoms with Crippen molar-refractivity contribution < 1.29 is 65.6 Å². The topological polar surface area (TPSA) is 342 Å². The largest absolute Gasteiger partial charge is 0.473 e. The van der Waals surface area contributed by atoms with E-state index in [-0.39, 0.29) is 51.5 Å². The molecule has 8 N–H and O–H groups in total. The van der Waals surface area contributed by atoms with Crippen LogP contribution in [0, 0.1) is 37.0 Å². The van der Waals surface area contributed by atoms with Crippen LogP contribution in [0.4, 0.5) is 17.5 Å². The van der Waals surface area contributed by atoms with Gasteiger partial charge in [0.1, 0.15) is 54.1 Å². The van der Waals surface area contributed by atoms with Gasteiger partial charge in [0, 0.05) is 56.6 Å². The Hall–Kier alpha value is -3.60. The highest BCUT2D eigenvalue weighted by Crippen LogP contribution is 2.54. The predicted molar refractivity (Wildman–Crippen MR) is 332 cm³/mol. The summed E-state index contributed by atoms with van der Waals surface area (Å²) in [6.45, 7) is 36.6. The van der Waals surface area contributed by atoms with Gasteiger partial charge in [-0.2, -0.15) is 15.0 Å². The second-order valence-corrected chi connectivity index (χ2v) is 32.8. The Morgan fingerprint density at radius 1 is 0.488 bits per heavy atom. The van der Waals surface area contributed by atoms with Crippen molar-refractivity contribution in [2.45, 2.75) is 255 Å². The summed E-state index contributed by atoms with van der Waals surface area (Å²) in [5, 5.41) is 0. The molecule has 3 aromatic rings. The molecule has 29 heteroatoms. The summed E-state index contributed by atoms with van der Waals surface area (Å²) >= 11 is 5.26. The Morgan fingerprint density at radius 3 is 1.03 bits per heavy atom. The predicted octanol–water partition coefficient (Wildman–Crippen LogP) is 8.35. The van der Waals surface area contributed by atoms with Crippen LogP contribution in [0.3, 0.4) is 0 Å². The summed E-state index contributed by atoms with van der Waals surface area (Å²) in [5.41, 5.74) is 15.3. The fraction of sp³-hybridized carbons (Fsp3) is 0.789. The van der Waals surface area contributed by atoms with Crippen LogP contribution >= 0.6 is 14.5 Å². The van der Waals surface area contributed by atoms with Crippen LogP contribution in [-0.4, -0.2) is 132 Å². The number of anilines is 3. The zero-order valence-corrected chi connectivity index (χ0v) is 57.6. The van der Waals surface area contributed by atoms with Crippen LogP contribution in [0.25, 0.3) is 0 Å². The molecule has 0 aliphatic carbocycles. The van der Waals surface area contributed by atoms with E-state index in [1.165, 1.54) is 34.1 Å². The van der Waals surface area contributed by atoms with E-state index in [0.29, 0.717) is 24.0 Å². The molecule has 3 aliphatic rings. The van der Waals surface area contributed by atoms with Gasteiger partial charge in [0.2, 0.25) is 0 Å². The lowest BCUT2D eigenvalue weighted by atomic mass is 9.87. The maximum absolute atomic E-state index is 12.7. The average Bonchev–Trinajstić information content (AvgIpc) is 1.72. The highest BCUT2D eigenvalue weighted by atomic mass is 32.5. The van der Waals surface area contributed by atoms with E-state index in [1.807, 2.05) is 48.5 Å². The van der Waals surface area contributed by atoms with Crippen molar-refractivity contribution in [2.75, 3.05) is 38.5 Å². The quantitative estimate of drug-likeness (QED) is 0.0841. The van der Waals surface area contributed by atoms with Crippen molar-refractivity contribution >= 4 is 43.8 Å². The molecule has 0 bridgehead atoms. The highest BCUT2D eigenvalue weighted by molar-refractivity contribution is 8.07. The Bertz CT molecular complexity index is 2910. The molecular weight excluding hydrogens is 1180 g/mol. The van der Waals surface area contributed by atoms with Crippen LogP contribution in [0.1, 0.15) is 179 Å². The molecule has 6 heterocycles. The third-order valence-corrected chi connectivity index (χ3v) is 16.3. The summed E-state index contributed by atoms with van der Waals surface area (Å²) in [7, 11) is 0.0804. The minimum Gasteiger partial charge on any atom is -0.383 e. The zero-order chi connectivity index (χ0) is 66.0. The smallest absolute Gasteiger partial charge is 0.383 e. The molecule has 6 rings (SSSR count). The number of hydrogen-bond acceptors (Lipinski definition) is 22. The van der Waals surface area contributed by atoms with Crippen molar-refractivity contribution in [2.24, 2.45) is 16.2 Å². The van der Waals surface area contributed by atoms with Crippen LogP contribution in [0.15, 0.2) is 33.0 Å². The van der Waals surface area contributed by atoms with Gasteiger partial charge in [0.15, 0.2) is 18.7 Å². The first kappa shape index (κ1) is 74.9. The molecule has 3 fully saturated rings. The van der Waals surface area contributed by atoms with Gasteiger partial charge in [-0.3, -0.25) is 27.3 Å². The van der Waals surface area contributed by atoms with Gasteiger partial charge in [-0.05, 0) is 130 Å². The standard InChI is InChI=1S/C19H34N3O7P.C19H34N3O6PS.C19H33N3O4/c1-11-10-22(17(23)21-15(11)20)16-14(26-8)13(12(27-16)9-18(2,3)4)28-30(24,25)29-19(5,6)7;1-11-10-22(17(23)21-15(11)20)16-14(25-8)13(12(26-16)9-18(2,3)4)27-29(24,30)28-19(5,6)7;1-11-10-22(17(23)21-15(11)20)16-14(24-8)13(26-19(5,6)7)12(25-16)9-18(2,3)4/h10,12-14,16H,9H2,1-8H3,(H,24,25)(H2,20,21,23);10,12-14,16H,9H2,1-8H3,(H,24,30)(H2,20,21,23);10,12-14,16H,9H2,1-8H3,(H2,20,21,23)/t12-,13?,14+,16-;12-,13?,14+,16-,29?;12-,13?,14+,16-/m111/s1. The van der Waals surface area contributed by atoms with E-state index in [0.717, 1.165) is 12.0 Å². The molecule has 3 saturated heterocycles. The molecule has 26 nitrogen and oxygen atoms in total. The van der Waals surface area contributed by atoms with Crippen molar-refractivity contribution in [3.63, 3.8) is 0 Å². The van der Waals surface area contributed by atoms with Gasteiger partial charge in [-0.25, -0.2) is 18.9 Å². The number of nitrogen functional groups attached to an aromatic ring is 3. The minimum absolute atomic E-state index is 0.0393. The highest BCUT2D eigenvalue weighted by Gasteiger charge is 2.54. The summed E-state index contributed by atoms with van der Waals surface area (Å²) < 4.78 is 81.0. The van der Waals surface area contributed by atoms with E-state index < -0.39 is 104 Å². The molecule has 0 amide bonds. The fourth-order valence-electron chi connectivity index (χ4n) is 9.98. The van der Waals surface area contributed by atoms with E-state index in [9.17, 15) is 28.7 Å². The van der Waals surface area contributed by atoms with E-state index in [4.69, 9.17) is 80.3 Å². The first-order valence-electron chi connectivity index (χ1n) is 28.6. The minimum atomic E-state index is -4.45. The Morgan fingerprint density at radius 2 is 0.767 bits per heavy atom. The summed E-state index contributed by atoms with van der Waals surface area (Å²) in [6, 6.07) is 0. The van der Waals surface area contributed by atoms with Crippen molar-refractivity contribution in [3.05, 3.63) is 66.7 Å². The first-order valence-corrected chi connectivity index (χ1v) is 32.7. The normalized spacial score (nSPS) is 27.2. The lowest BCUT2D eigenvalue weighted by Gasteiger charge is -2.32. The molecule has 0 saturated carbocycles. The summed E-state index contributed by atoms with van der Waals surface area (Å²) in [6.07, 6.45) is -1.06. The second-order valence-electron chi connectivity index (χ2n) is 28.8. The molecule has 14 atom stereocenters. The van der Waals surface area contributed by atoms with Crippen LogP contribution in [-0.2, 0) is 67.6 Å². The van der Waals surface area contributed by atoms with Gasteiger partial charge in [0.05, 0.1) is 35.1 Å². The average molecular weight is 1280 g/mol. The third kappa shape index (κ3) is 21.8. The Kier molecular flexibility index (Phi) is 24.6. The van der Waals surface area contributed by atoms with Gasteiger partial charge >= 0.3 is 31.6 Å². The van der Waals surface area contributed by atoms with Gasteiger partial charge in [-0.15, -0.1) is 0 Å². The lowest BCUT2D eigenvalue weighted by Crippen LogP contribution is -2.43. The van der Waals surface area contributed by atoms with Crippen molar-refractivity contribution in [1.82, 2.24) is 28.7 Å². The number of phosphoric ester groups is 1. The number of methoxy groups -OCH3 is 3. The maximum atomic E-state index is 12.7. The molecule has 492 valence electrons. The maximum Gasteiger partial charge on any atom is 0.473 e. The first-order chi connectivity index (χ1) is 38.9. The molecule has 0 radical (unpaired) electrons. The molecule has 86 heavy (non-hydrogen) atoms. The zero-order valence-electron chi connectivity index (χ0n) is 55.0. The lowest BCUT2D eigenvalue weighted by molar-refractivity contribution is -0.124. The molecule has 0 spiro atoms. The molecule has 5 unspecified atom stereocenters. The van der Waals surface area contributed by atoms with Crippen LogP contribution < -0.4 is 34.3 Å². The summed E-state index contributed by atoms with van der Waals surface area (Å²) in [4.78, 5) is 70.0. The number of nitrogens with zero attached hydrogens (tertiary/aromatic N) is 6. The van der Waals surface area contributed by atoms with Gasteiger partial charge < -0.3 is 64.7 Å². The van der Waals surface area contributed by atoms with Crippen molar-refractivity contribution in [1.29, 1.82) is 0 Å². The molecule has 0 aromatic carbocycles. The van der Waals surface area contributed by atoms with Gasteiger partial charge in [0.25, 0.3) is 0 Å².